The van der Waals surface area contributed by atoms with E-state index in [0.717, 1.165) is 44.1 Å². The van der Waals surface area contributed by atoms with Gasteiger partial charge in [0, 0.05) is 77.7 Å². The van der Waals surface area contributed by atoms with Crippen molar-refractivity contribution in [1.82, 2.24) is 30.4 Å². The van der Waals surface area contributed by atoms with Gasteiger partial charge in [0.1, 0.15) is 0 Å². The molecule has 1 unspecified atom stereocenters. The van der Waals surface area contributed by atoms with Crippen LogP contribution in [0, 0.1) is 0 Å². The molecule has 2 N–H and O–H groups in total. The maximum absolute atomic E-state index is 12.6. The number of piperidine rings is 1. The van der Waals surface area contributed by atoms with Crippen LogP contribution in [0.15, 0.2) is 23.5 Å². The van der Waals surface area contributed by atoms with E-state index in [-0.39, 0.29) is 29.9 Å². The van der Waals surface area contributed by atoms with Crippen molar-refractivity contribution < 1.29 is 4.79 Å². The van der Waals surface area contributed by atoms with Gasteiger partial charge in [0.25, 0.3) is 0 Å². The molecule has 1 aromatic rings. The van der Waals surface area contributed by atoms with Gasteiger partial charge < -0.3 is 20.4 Å². The number of aliphatic imine (C=N–C) groups is 1. The van der Waals surface area contributed by atoms with E-state index in [1.54, 1.807) is 19.4 Å². The van der Waals surface area contributed by atoms with E-state index in [1.165, 1.54) is 32.2 Å². The first-order valence-electron chi connectivity index (χ1n) is 11.7. The Morgan fingerprint density at radius 2 is 1.81 bits per heavy atom. The number of rotatable bonds is 8. The second kappa shape index (κ2) is 14.5. The molecule has 32 heavy (non-hydrogen) atoms. The first-order valence-corrected chi connectivity index (χ1v) is 11.7. The largest absolute Gasteiger partial charge is 0.356 e. The Kier molecular flexibility index (Phi) is 12.0. The van der Waals surface area contributed by atoms with Crippen LogP contribution >= 0.6 is 24.0 Å². The van der Waals surface area contributed by atoms with Crippen molar-refractivity contribution in [2.24, 2.45) is 4.99 Å². The van der Waals surface area contributed by atoms with Crippen molar-refractivity contribution in [2.75, 3.05) is 64.3 Å². The maximum Gasteiger partial charge on any atom is 0.225 e. The molecule has 3 heterocycles. The van der Waals surface area contributed by atoms with Gasteiger partial charge in [-0.1, -0.05) is 13.3 Å². The predicted octanol–water partition coefficient (Wildman–Crippen LogP) is 1.56. The number of nitrogens with zero attached hydrogens (tertiary/aromatic N) is 6. The smallest absolute Gasteiger partial charge is 0.225 e. The van der Waals surface area contributed by atoms with Crippen LogP contribution in [0.5, 0.6) is 0 Å². The number of aromatic nitrogens is 2. The number of likely N-dealkylation sites (tertiary alicyclic amines) is 1. The van der Waals surface area contributed by atoms with Crippen LogP contribution in [0.2, 0.25) is 0 Å². The topological polar surface area (TPSA) is 89.0 Å². The van der Waals surface area contributed by atoms with Gasteiger partial charge in [0.05, 0.1) is 0 Å². The molecule has 0 aliphatic carbocycles. The Morgan fingerprint density at radius 3 is 2.50 bits per heavy atom. The minimum Gasteiger partial charge on any atom is -0.356 e. The van der Waals surface area contributed by atoms with E-state index in [4.69, 9.17) is 0 Å². The first-order chi connectivity index (χ1) is 15.2. The van der Waals surface area contributed by atoms with Gasteiger partial charge in [0.2, 0.25) is 11.9 Å². The zero-order valence-corrected chi connectivity index (χ0v) is 21.8. The van der Waals surface area contributed by atoms with E-state index in [9.17, 15) is 4.79 Å². The van der Waals surface area contributed by atoms with Gasteiger partial charge >= 0.3 is 0 Å². The molecule has 180 valence electrons. The van der Waals surface area contributed by atoms with Crippen molar-refractivity contribution >= 4 is 41.8 Å². The lowest BCUT2D eigenvalue weighted by molar-refractivity contribution is -0.131. The number of piperazine rings is 1. The third kappa shape index (κ3) is 8.02. The van der Waals surface area contributed by atoms with Crippen LogP contribution < -0.4 is 15.5 Å². The number of hydrogen-bond donors (Lipinski definition) is 2. The summed E-state index contributed by atoms with van der Waals surface area (Å²) in [5, 5.41) is 6.67. The number of nitrogens with one attached hydrogen (secondary N) is 2. The van der Waals surface area contributed by atoms with E-state index in [1.807, 2.05) is 11.0 Å². The summed E-state index contributed by atoms with van der Waals surface area (Å²) >= 11 is 0. The molecule has 0 saturated carbocycles. The van der Waals surface area contributed by atoms with Gasteiger partial charge in [-0.3, -0.25) is 14.7 Å². The quantitative estimate of drug-likeness (QED) is 0.285. The maximum atomic E-state index is 12.6. The fraction of sp³-hybridized carbons (Fsp3) is 0.727. The zero-order chi connectivity index (χ0) is 21.9. The molecule has 1 aromatic heterocycles. The lowest BCUT2D eigenvalue weighted by Crippen LogP contribution is -2.50. The molecule has 0 spiro atoms. The number of amides is 1. The summed E-state index contributed by atoms with van der Waals surface area (Å²) in [5.74, 6) is 1.68. The summed E-state index contributed by atoms with van der Waals surface area (Å²) in [6, 6.07) is 2.53. The van der Waals surface area contributed by atoms with Crippen LogP contribution in [-0.4, -0.2) is 97.1 Å². The van der Waals surface area contributed by atoms with E-state index in [2.05, 4.69) is 42.3 Å². The third-order valence-corrected chi connectivity index (χ3v) is 6.23. The van der Waals surface area contributed by atoms with E-state index in [0.29, 0.717) is 26.1 Å². The lowest BCUT2D eigenvalue weighted by Gasteiger charge is -2.35. The average molecular weight is 559 g/mol. The molecule has 2 aliphatic heterocycles. The monoisotopic (exact) mass is 558 g/mol. The van der Waals surface area contributed by atoms with E-state index < -0.39 is 0 Å². The van der Waals surface area contributed by atoms with Gasteiger partial charge in [-0.15, -0.1) is 24.0 Å². The summed E-state index contributed by atoms with van der Waals surface area (Å²) in [5.41, 5.74) is 0. The number of hydrogen-bond acceptors (Lipinski definition) is 6. The van der Waals surface area contributed by atoms with Crippen molar-refractivity contribution in [3.8, 4) is 0 Å². The highest BCUT2D eigenvalue weighted by atomic mass is 127. The molecule has 0 bridgehead atoms. The predicted molar refractivity (Wildman–Crippen MR) is 140 cm³/mol. The van der Waals surface area contributed by atoms with Gasteiger partial charge in [-0.2, -0.15) is 0 Å². The Labute approximate surface area is 209 Å². The van der Waals surface area contributed by atoms with Crippen LogP contribution in [0.3, 0.4) is 0 Å². The third-order valence-electron chi connectivity index (χ3n) is 6.23. The molecule has 2 aliphatic rings. The molecule has 0 radical (unpaired) electrons. The van der Waals surface area contributed by atoms with Crippen molar-refractivity contribution in [2.45, 2.75) is 45.1 Å². The van der Waals surface area contributed by atoms with Crippen LogP contribution in [0.1, 0.15) is 39.0 Å². The molecule has 2 fully saturated rings. The number of carbonyl (C=O) groups is 1. The Balaban J connectivity index is 0.00000363. The fourth-order valence-electron chi connectivity index (χ4n) is 4.41. The molecule has 1 atom stereocenters. The highest BCUT2D eigenvalue weighted by Gasteiger charge is 2.22. The summed E-state index contributed by atoms with van der Waals surface area (Å²) in [6.07, 6.45) is 9.17. The first kappa shape index (κ1) is 26.6. The molecule has 9 nitrogen and oxygen atoms in total. The Morgan fingerprint density at radius 1 is 1.09 bits per heavy atom. The fourth-order valence-corrected chi connectivity index (χ4v) is 4.41. The van der Waals surface area contributed by atoms with Gasteiger partial charge in [-0.25, -0.2) is 9.97 Å². The Bertz CT molecular complexity index is 696. The highest BCUT2D eigenvalue weighted by molar-refractivity contribution is 14.0. The van der Waals surface area contributed by atoms with Crippen LogP contribution in [0.25, 0.3) is 0 Å². The van der Waals surface area contributed by atoms with Crippen molar-refractivity contribution in [3.05, 3.63) is 18.5 Å². The normalized spacial score (nSPS) is 19.9. The summed E-state index contributed by atoms with van der Waals surface area (Å²) in [7, 11) is 1.78. The molecular formula is C22H39IN8O. The minimum absolute atomic E-state index is 0. The zero-order valence-electron chi connectivity index (χ0n) is 19.5. The molecule has 0 aromatic carbocycles. The summed E-state index contributed by atoms with van der Waals surface area (Å²) in [6.45, 7) is 8.91. The molecule has 10 heteroatoms. The lowest BCUT2D eigenvalue weighted by atomic mass is 10.0. The second-order valence-electron chi connectivity index (χ2n) is 8.19. The van der Waals surface area contributed by atoms with Crippen molar-refractivity contribution in [1.29, 1.82) is 0 Å². The number of carbonyl (C=O) groups excluding carboxylic acids is 1. The molecule has 1 amide bonds. The molecule has 2 saturated heterocycles. The SMILES string of the molecule is CCC1CCCCN1CCNC(=NC)NCCC(=O)N1CCN(c2ncccn2)CC1.I. The Hall–Kier alpha value is -1.69. The van der Waals surface area contributed by atoms with E-state index >= 15 is 0 Å². The number of guanidine groups is 1. The van der Waals surface area contributed by atoms with Crippen LogP contribution in [-0.2, 0) is 4.79 Å². The standard InChI is InChI=1S/C22H38N8O.HI/c1-3-19-7-4-5-13-28(19)14-12-25-21(23-2)24-11-8-20(31)29-15-17-30(18-16-29)22-26-9-6-10-27-22;/h6,9-10,19H,3-5,7-8,11-18H2,1-2H3,(H2,23,24,25);1H. The number of halogens is 1. The summed E-state index contributed by atoms with van der Waals surface area (Å²) in [4.78, 5) is 32.1. The number of anilines is 1. The second-order valence-corrected chi connectivity index (χ2v) is 8.19. The molecular weight excluding hydrogens is 519 g/mol. The minimum atomic E-state index is 0. The molecule has 3 rings (SSSR count). The van der Waals surface area contributed by atoms with Crippen molar-refractivity contribution in [3.63, 3.8) is 0 Å². The van der Waals surface area contributed by atoms with Gasteiger partial charge in [0.15, 0.2) is 5.96 Å². The van der Waals surface area contributed by atoms with Crippen LogP contribution in [0.4, 0.5) is 5.95 Å². The highest BCUT2D eigenvalue weighted by Crippen LogP contribution is 2.18. The summed E-state index contributed by atoms with van der Waals surface area (Å²) < 4.78 is 0. The van der Waals surface area contributed by atoms with Gasteiger partial charge in [-0.05, 0) is 31.9 Å². The average Bonchev–Trinajstić information content (AvgIpc) is 2.84.